The number of rotatable bonds is 79. The number of carbonyl (C=O) groups is 4. The highest BCUT2D eigenvalue weighted by Crippen LogP contribution is 2.45. The molecule has 17 nitrogen and oxygen atoms in total. The molecule has 106 heavy (non-hydrogen) atoms. The molecule has 5 unspecified atom stereocenters. The van der Waals surface area contributed by atoms with Crippen molar-refractivity contribution in [1.82, 2.24) is 0 Å². The highest BCUT2D eigenvalue weighted by atomic mass is 31.2. The summed E-state index contributed by atoms with van der Waals surface area (Å²) in [6.45, 7) is 4.77. The van der Waals surface area contributed by atoms with Crippen LogP contribution in [-0.4, -0.2) is 96.7 Å². The molecule has 0 bridgehead atoms. The summed E-state index contributed by atoms with van der Waals surface area (Å²) in [6, 6.07) is 0. The number of phosphoric ester groups is 2. The maximum absolute atomic E-state index is 13.1. The van der Waals surface area contributed by atoms with Crippen LogP contribution < -0.4 is 0 Å². The van der Waals surface area contributed by atoms with Crippen LogP contribution >= 0.6 is 15.6 Å². The Labute approximate surface area is 645 Å². The molecule has 0 aliphatic rings. The van der Waals surface area contributed by atoms with Gasteiger partial charge in [0, 0.05) is 25.7 Å². The summed E-state index contributed by atoms with van der Waals surface area (Å²) in [5.41, 5.74) is 0. The van der Waals surface area contributed by atoms with Crippen molar-refractivity contribution in [2.24, 2.45) is 0 Å². The fourth-order valence-electron chi connectivity index (χ4n) is 11.2. The number of aliphatic hydroxyl groups excluding tert-OH is 1. The van der Waals surface area contributed by atoms with Gasteiger partial charge in [0.2, 0.25) is 0 Å². The topological polar surface area (TPSA) is 237 Å². The lowest BCUT2D eigenvalue weighted by Gasteiger charge is -2.21. The molecule has 3 N–H and O–H groups in total. The molecule has 0 heterocycles. The second-order valence-corrected chi connectivity index (χ2v) is 31.0. The lowest BCUT2D eigenvalue weighted by molar-refractivity contribution is -0.161. The van der Waals surface area contributed by atoms with Crippen molar-refractivity contribution in [2.45, 2.75) is 380 Å². The molecular weight excluding hydrogens is 1380 g/mol. The molecule has 19 heteroatoms. The number of hydrogen-bond acceptors (Lipinski definition) is 15. The van der Waals surface area contributed by atoms with Gasteiger partial charge in [-0.05, 0) is 161 Å². The lowest BCUT2D eigenvalue weighted by atomic mass is 10.1. The molecule has 0 saturated carbocycles. The van der Waals surface area contributed by atoms with Crippen molar-refractivity contribution >= 4 is 39.5 Å². The summed E-state index contributed by atoms with van der Waals surface area (Å²) >= 11 is 0. The highest BCUT2D eigenvalue weighted by Gasteiger charge is 2.30. The molecule has 0 aromatic carbocycles. The van der Waals surface area contributed by atoms with E-state index < -0.39 is 97.5 Å². The van der Waals surface area contributed by atoms with Gasteiger partial charge in [-0.15, -0.1) is 0 Å². The van der Waals surface area contributed by atoms with Crippen molar-refractivity contribution < 1.29 is 80.2 Å². The predicted octanol–water partition coefficient (Wildman–Crippen LogP) is 24.9. The van der Waals surface area contributed by atoms with Crippen LogP contribution in [0.4, 0.5) is 0 Å². The summed E-state index contributed by atoms with van der Waals surface area (Å²) in [4.78, 5) is 73.2. The normalized spacial score (nSPS) is 14.4. The van der Waals surface area contributed by atoms with Crippen LogP contribution in [0.5, 0.6) is 0 Å². The van der Waals surface area contributed by atoms with Gasteiger partial charge in [-0.1, -0.05) is 285 Å². The number of ether oxygens (including phenoxy) is 4. The van der Waals surface area contributed by atoms with Crippen LogP contribution in [0.3, 0.4) is 0 Å². The Morgan fingerprint density at radius 3 is 0.736 bits per heavy atom. The number of carbonyl (C=O) groups excluding carboxylic acids is 4. The molecule has 0 aromatic heterocycles. The first-order valence-electron chi connectivity index (χ1n) is 42.1. The Bertz CT molecular complexity index is 2430. The third-order valence-electron chi connectivity index (χ3n) is 17.7. The van der Waals surface area contributed by atoms with Gasteiger partial charge in [0.1, 0.15) is 19.3 Å². The molecule has 0 aromatic rings. The van der Waals surface area contributed by atoms with Crippen molar-refractivity contribution in [2.75, 3.05) is 39.6 Å². The third kappa shape index (κ3) is 77.9. The van der Waals surface area contributed by atoms with Crippen molar-refractivity contribution in [3.8, 4) is 0 Å². The second kappa shape index (κ2) is 78.8. The van der Waals surface area contributed by atoms with Gasteiger partial charge >= 0.3 is 39.5 Å². The van der Waals surface area contributed by atoms with Gasteiger partial charge in [0.25, 0.3) is 0 Å². The minimum Gasteiger partial charge on any atom is -0.462 e. The van der Waals surface area contributed by atoms with E-state index in [2.05, 4.69) is 137 Å². The first-order chi connectivity index (χ1) is 51.7. The number of aliphatic hydroxyl groups is 1. The molecule has 612 valence electrons. The molecule has 5 atom stereocenters. The van der Waals surface area contributed by atoms with E-state index in [9.17, 15) is 43.2 Å². The standard InChI is InChI=1S/C87H152O17P2/c1-5-9-13-17-21-25-29-33-36-38-40-42-45-49-52-56-60-64-68-72-85(90)98-78-83(104-87(92)74-70-66-62-58-54-50-46-43-41-39-37-34-30-26-22-18-14-10-6-2)80-102-106(95,96)100-76-81(88)75-99-105(93,94)101-79-82(103-86(91)73-69-65-61-57-53-47-32-28-24-20-16-12-8-4)77-97-84(89)71-67-63-59-55-51-48-44-35-31-27-23-19-15-11-7-3/h21-23,25-28,32-37,40-44,81-83,88H,5-20,24,29-31,38-39,45-80H2,1-4H3,(H,93,94)(H,95,96)/b25-21-,26-22-,27-23-,32-28-,36-33-,37-34-,42-40-,43-41-,44-35-. The van der Waals surface area contributed by atoms with Gasteiger partial charge in [0.05, 0.1) is 26.4 Å². The van der Waals surface area contributed by atoms with Crippen molar-refractivity contribution in [1.29, 1.82) is 0 Å². The minimum atomic E-state index is -4.99. The summed E-state index contributed by atoms with van der Waals surface area (Å²) in [5, 5.41) is 10.7. The van der Waals surface area contributed by atoms with Crippen LogP contribution in [0.25, 0.3) is 0 Å². The van der Waals surface area contributed by atoms with E-state index in [-0.39, 0.29) is 25.7 Å². The van der Waals surface area contributed by atoms with E-state index in [4.69, 9.17) is 37.0 Å². The second-order valence-electron chi connectivity index (χ2n) is 28.1. The number of phosphoric acid groups is 2. The molecule has 0 spiro atoms. The first-order valence-corrected chi connectivity index (χ1v) is 45.1. The average molecular weight is 1530 g/mol. The Balaban J connectivity index is 5.39. The summed E-state index contributed by atoms with van der Waals surface area (Å²) in [6.07, 6.45) is 86.2. The number of hydrogen-bond donors (Lipinski definition) is 3. The van der Waals surface area contributed by atoms with E-state index in [0.717, 1.165) is 199 Å². The van der Waals surface area contributed by atoms with Crippen LogP contribution in [-0.2, 0) is 65.4 Å². The molecular formula is C87H152O17P2. The monoisotopic (exact) mass is 1530 g/mol. The van der Waals surface area contributed by atoms with Crippen LogP contribution in [0.15, 0.2) is 109 Å². The Morgan fingerprint density at radius 2 is 0.462 bits per heavy atom. The minimum absolute atomic E-state index is 0.0762. The number of unbranched alkanes of at least 4 members (excludes halogenated alkanes) is 35. The smallest absolute Gasteiger partial charge is 0.462 e. The zero-order valence-corrected chi connectivity index (χ0v) is 68.9. The van der Waals surface area contributed by atoms with E-state index in [1.54, 1.807) is 0 Å². The largest absolute Gasteiger partial charge is 0.472 e. The van der Waals surface area contributed by atoms with Gasteiger partial charge < -0.3 is 33.8 Å². The lowest BCUT2D eigenvalue weighted by Crippen LogP contribution is -2.30. The first kappa shape index (κ1) is 102. The van der Waals surface area contributed by atoms with Gasteiger partial charge in [-0.25, -0.2) is 9.13 Å². The van der Waals surface area contributed by atoms with Gasteiger partial charge in [-0.3, -0.25) is 37.3 Å². The zero-order valence-electron chi connectivity index (χ0n) is 67.1. The van der Waals surface area contributed by atoms with E-state index in [0.29, 0.717) is 25.7 Å². The van der Waals surface area contributed by atoms with Crippen LogP contribution in [0, 0.1) is 0 Å². The average Bonchev–Trinajstić information content (AvgIpc) is 0.903. The highest BCUT2D eigenvalue weighted by molar-refractivity contribution is 7.47. The number of esters is 4. The van der Waals surface area contributed by atoms with Crippen molar-refractivity contribution in [3.05, 3.63) is 109 Å². The number of allylic oxidation sites excluding steroid dienone is 18. The van der Waals surface area contributed by atoms with Gasteiger partial charge in [0.15, 0.2) is 12.2 Å². The molecule has 0 amide bonds. The Hall–Kier alpha value is -4.28. The van der Waals surface area contributed by atoms with E-state index >= 15 is 0 Å². The molecule has 0 saturated heterocycles. The van der Waals surface area contributed by atoms with Crippen LogP contribution in [0.2, 0.25) is 0 Å². The summed E-state index contributed by atoms with van der Waals surface area (Å²) in [7, 11) is -9.97. The fourth-order valence-corrected chi connectivity index (χ4v) is 12.8. The SMILES string of the molecule is CCCCC/C=C\C/C=C\C/C=C\CCCCCCCCC(=O)OCC(COP(=O)(O)OCC(O)COP(=O)(O)OCC(COC(=O)CCCCCCC/C=C\C/C=C\CCCCC)OC(=O)CCCCCCC/C=C\CCCCCC)OC(=O)CCCCCCCC/C=C\C/C=C\C/C=C\CCCCC. The van der Waals surface area contributed by atoms with Crippen molar-refractivity contribution in [3.63, 3.8) is 0 Å². The summed E-state index contributed by atoms with van der Waals surface area (Å²) in [5.74, 6) is -2.21. The fraction of sp³-hybridized carbons (Fsp3) is 0.747. The maximum atomic E-state index is 13.1. The Morgan fingerprint density at radius 1 is 0.264 bits per heavy atom. The van der Waals surface area contributed by atoms with E-state index in [1.165, 1.54) is 83.5 Å². The molecule has 0 aliphatic heterocycles. The quantitative estimate of drug-likeness (QED) is 0.0169. The molecule has 0 fully saturated rings. The van der Waals surface area contributed by atoms with E-state index in [1.807, 2.05) is 0 Å². The molecule has 0 rings (SSSR count). The molecule has 0 aliphatic carbocycles. The Kier molecular flexibility index (Phi) is 75.6. The summed E-state index contributed by atoms with van der Waals surface area (Å²) < 4.78 is 68.7. The predicted molar refractivity (Wildman–Crippen MR) is 436 cm³/mol. The van der Waals surface area contributed by atoms with Gasteiger partial charge in [-0.2, -0.15) is 0 Å². The third-order valence-corrected chi connectivity index (χ3v) is 19.6. The maximum Gasteiger partial charge on any atom is 0.472 e. The zero-order chi connectivity index (χ0) is 77.4. The molecule has 0 radical (unpaired) electrons. The van der Waals surface area contributed by atoms with Crippen LogP contribution in [0.1, 0.15) is 362 Å².